The standard InChI is InChI=1S/C10H18O5/c1-7(9(12-2)13-3)6-8(11)10(14-4)15-5/h6,9-10H,1-5H3/b7-6+. The highest BCUT2D eigenvalue weighted by atomic mass is 16.7. The molecule has 0 bridgehead atoms. The molecule has 0 N–H and O–H groups in total. The maximum atomic E-state index is 11.5. The van der Waals surface area contributed by atoms with E-state index in [0.29, 0.717) is 5.57 Å². The largest absolute Gasteiger partial charge is 0.352 e. The van der Waals surface area contributed by atoms with E-state index in [-0.39, 0.29) is 5.78 Å². The summed E-state index contributed by atoms with van der Waals surface area (Å²) in [6.07, 6.45) is -0.0207. The van der Waals surface area contributed by atoms with Gasteiger partial charge in [0.25, 0.3) is 0 Å². The molecule has 5 nitrogen and oxygen atoms in total. The average molecular weight is 218 g/mol. The van der Waals surface area contributed by atoms with E-state index in [2.05, 4.69) is 0 Å². The second-order valence-electron chi connectivity index (χ2n) is 2.90. The van der Waals surface area contributed by atoms with Crippen molar-refractivity contribution in [2.24, 2.45) is 0 Å². The van der Waals surface area contributed by atoms with Gasteiger partial charge in [-0.1, -0.05) is 0 Å². The van der Waals surface area contributed by atoms with Gasteiger partial charge >= 0.3 is 0 Å². The highest BCUT2D eigenvalue weighted by Gasteiger charge is 2.16. The van der Waals surface area contributed by atoms with Gasteiger partial charge in [-0.25, -0.2) is 0 Å². The highest BCUT2D eigenvalue weighted by Crippen LogP contribution is 2.07. The maximum Gasteiger partial charge on any atom is 0.221 e. The lowest BCUT2D eigenvalue weighted by atomic mass is 10.2. The first kappa shape index (κ1) is 14.2. The second kappa shape index (κ2) is 7.53. The molecule has 5 heteroatoms. The summed E-state index contributed by atoms with van der Waals surface area (Å²) in [6.45, 7) is 1.73. The van der Waals surface area contributed by atoms with Crippen LogP contribution < -0.4 is 0 Å². The Kier molecular flexibility index (Phi) is 7.15. The van der Waals surface area contributed by atoms with E-state index in [1.54, 1.807) is 6.92 Å². The van der Waals surface area contributed by atoms with Crippen molar-refractivity contribution in [3.63, 3.8) is 0 Å². The van der Waals surface area contributed by atoms with E-state index in [0.717, 1.165) is 0 Å². The fourth-order valence-electron chi connectivity index (χ4n) is 1.16. The monoisotopic (exact) mass is 218 g/mol. The summed E-state index contributed by atoms with van der Waals surface area (Å²) in [5.41, 5.74) is 0.657. The van der Waals surface area contributed by atoms with Gasteiger partial charge in [0.2, 0.25) is 12.1 Å². The van der Waals surface area contributed by atoms with Crippen molar-refractivity contribution in [2.75, 3.05) is 28.4 Å². The molecule has 0 fully saturated rings. The fourth-order valence-corrected chi connectivity index (χ4v) is 1.16. The van der Waals surface area contributed by atoms with Gasteiger partial charge in [-0.2, -0.15) is 0 Å². The van der Waals surface area contributed by atoms with Crippen molar-refractivity contribution in [3.05, 3.63) is 11.6 Å². The molecule has 0 amide bonds. The van der Waals surface area contributed by atoms with Gasteiger partial charge in [0.05, 0.1) is 0 Å². The topological polar surface area (TPSA) is 54.0 Å². The minimum atomic E-state index is -0.880. The third-order valence-electron chi connectivity index (χ3n) is 1.83. The van der Waals surface area contributed by atoms with E-state index >= 15 is 0 Å². The zero-order valence-corrected chi connectivity index (χ0v) is 9.77. The number of hydrogen-bond acceptors (Lipinski definition) is 5. The minimum Gasteiger partial charge on any atom is -0.352 e. The zero-order chi connectivity index (χ0) is 11.8. The maximum absolute atomic E-state index is 11.5. The summed E-state index contributed by atoms with van der Waals surface area (Å²) in [7, 11) is 5.80. The summed E-state index contributed by atoms with van der Waals surface area (Å²) in [5, 5.41) is 0. The van der Waals surface area contributed by atoms with Crippen LogP contribution in [0.2, 0.25) is 0 Å². The molecule has 0 saturated carbocycles. The van der Waals surface area contributed by atoms with Crippen LogP contribution in [-0.4, -0.2) is 46.8 Å². The smallest absolute Gasteiger partial charge is 0.221 e. The Balaban J connectivity index is 4.51. The molecule has 0 heterocycles. The lowest BCUT2D eigenvalue weighted by Crippen LogP contribution is -2.24. The normalized spacial score (nSPS) is 12.6. The van der Waals surface area contributed by atoms with E-state index < -0.39 is 12.6 Å². The fraction of sp³-hybridized carbons (Fsp3) is 0.700. The van der Waals surface area contributed by atoms with Gasteiger partial charge in [-0.05, 0) is 18.6 Å². The van der Waals surface area contributed by atoms with Crippen LogP contribution in [0.5, 0.6) is 0 Å². The molecule has 15 heavy (non-hydrogen) atoms. The van der Waals surface area contributed by atoms with E-state index in [1.807, 2.05) is 0 Å². The number of methoxy groups -OCH3 is 4. The summed E-state index contributed by atoms with van der Waals surface area (Å²) < 4.78 is 19.6. The van der Waals surface area contributed by atoms with Crippen LogP contribution in [0.4, 0.5) is 0 Å². The summed E-state index contributed by atoms with van der Waals surface area (Å²) >= 11 is 0. The molecule has 0 aliphatic heterocycles. The second-order valence-corrected chi connectivity index (χ2v) is 2.90. The summed E-state index contributed by atoms with van der Waals surface area (Å²) in [6, 6.07) is 0. The van der Waals surface area contributed by atoms with Crippen molar-refractivity contribution in [1.82, 2.24) is 0 Å². The first-order valence-electron chi connectivity index (χ1n) is 4.43. The molecule has 0 aliphatic rings. The molecule has 0 aromatic carbocycles. The zero-order valence-electron chi connectivity index (χ0n) is 9.77. The van der Waals surface area contributed by atoms with Crippen LogP contribution in [0.1, 0.15) is 6.92 Å². The molecule has 0 radical (unpaired) electrons. The number of hydrogen-bond donors (Lipinski definition) is 0. The minimum absolute atomic E-state index is 0.281. The molecule has 0 spiro atoms. The third kappa shape index (κ3) is 4.53. The number of carbonyl (C=O) groups excluding carboxylic acids is 1. The molecule has 0 saturated heterocycles. The van der Waals surface area contributed by atoms with Crippen molar-refractivity contribution < 1.29 is 23.7 Å². The molecule has 0 unspecified atom stereocenters. The average Bonchev–Trinajstić information content (AvgIpc) is 2.21. The molecule has 0 aromatic heterocycles. The van der Waals surface area contributed by atoms with Crippen LogP contribution in [0.3, 0.4) is 0 Å². The van der Waals surface area contributed by atoms with Crippen LogP contribution in [-0.2, 0) is 23.7 Å². The van der Waals surface area contributed by atoms with E-state index in [1.165, 1.54) is 34.5 Å². The van der Waals surface area contributed by atoms with Crippen LogP contribution >= 0.6 is 0 Å². The van der Waals surface area contributed by atoms with Crippen molar-refractivity contribution >= 4 is 5.78 Å². The van der Waals surface area contributed by atoms with Crippen molar-refractivity contribution in [3.8, 4) is 0 Å². The Morgan fingerprint density at radius 3 is 1.67 bits per heavy atom. The number of rotatable bonds is 7. The first-order valence-corrected chi connectivity index (χ1v) is 4.43. The molecule has 0 rings (SSSR count). The summed E-state index contributed by atoms with van der Waals surface area (Å²) in [4.78, 5) is 11.5. The first-order chi connectivity index (χ1) is 7.10. The van der Waals surface area contributed by atoms with Crippen LogP contribution in [0, 0.1) is 0 Å². The Labute approximate surface area is 89.9 Å². The number of ketones is 1. The molecular formula is C10H18O5. The van der Waals surface area contributed by atoms with Gasteiger partial charge in [0.15, 0.2) is 6.29 Å². The van der Waals surface area contributed by atoms with Gasteiger partial charge in [-0.15, -0.1) is 0 Å². The van der Waals surface area contributed by atoms with E-state index in [4.69, 9.17) is 18.9 Å². The predicted molar refractivity (Wildman–Crippen MR) is 54.4 cm³/mol. The summed E-state index contributed by atoms with van der Waals surface area (Å²) in [5.74, 6) is -0.281. The SMILES string of the molecule is COC(OC)C(=O)/C=C(\C)C(OC)OC. The van der Waals surface area contributed by atoms with Gasteiger partial charge in [0, 0.05) is 28.4 Å². The highest BCUT2D eigenvalue weighted by molar-refractivity contribution is 5.93. The van der Waals surface area contributed by atoms with E-state index in [9.17, 15) is 4.79 Å². The van der Waals surface area contributed by atoms with Crippen molar-refractivity contribution in [2.45, 2.75) is 19.5 Å². The van der Waals surface area contributed by atoms with Crippen molar-refractivity contribution in [1.29, 1.82) is 0 Å². The number of ether oxygens (including phenoxy) is 4. The quantitative estimate of drug-likeness (QED) is 0.466. The Hall–Kier alpha value is -0.750. The van der Waals surface area contributed by atoms with Crippen LogP contribution in [0.25, 0.3) is 0 Å². The van der Waals surface area contributed by atoms with Gasteiger partial charge in [0.1, 0.15) is 0 Å². The Bertz CT molecular complexity index is 216. The molecule has 0 aliphatic carbocycles. The van der Waals surface area contributed by atoms with Gasteiger partial charge in [-0.3, -0.25) is 4.79 Å². The van der Waals surface area contributed by atoms with Crippen LogP contribution in [0.15, 0.2) is 11.6 Å². The number of carbonyl (C=O) groups is 1. The molecule has 88 valence electrons. The Morgan fingerprint density at radius 2 is 1.33 bits per heavy atom. The predicted octanol–water partition coefficient (Wildman–Crippen LogP) is 0.740. The lowest BCUT2D eigenvalue weighted by Gasteiger charge is -2.15. The molecular weight excluding hydrogens is 200 g/mol. The lowest BCUT2D eigenvalue weighted by molar-refractivity contribution is -0.151. The molecule has 0 aromatic rings. The van der Waals surface area contributed by atoms with Gasteiger partial charge < -0.3 is 18.9 Å². The third-order valence-corrected chi connectivity index (χ3v) is 1.83. The molecule has 0 atom stereocenters. The Morgan fingerprint density at radius 1 is 0.933 bits per heavy atom.